The van der Waals surface area contributed by atoms with Crippen LogP contribution >= 0.6 is 0 Å². The van der Waals surface area contributed by atoms with Crippen LogP contribution in [0.3, 0.4) is 0 Å². The molecule has 2 aromatic heterocycles. The molecule has 3 nitrogen and oxygen atoms in total. The van der Waals surface area contributed by atoms with Crippen molar-refractivity contribution in [2.75, 3.05) is 0 Å². The molecule has 0 saturated carbocycles. The highest BCUT2D eigenvalue weighted by Crippen LogP contribution is 2.24. The Hall–Kier alpha value is -2.33. The van der Waals surface area contributed by atoms with Gasteiger partial charge in [-0.2, -0.15) is 0 Å². The van der Waals surface area contributed by atoms with Crippen LogP contribution in [0.25, 0.3) is 10.9 Å². The zero-order valence-corrected chi connectivity index (χ0v) is 10.1. The number of rotatable bonds is 2. The minimum atomic E-state index is -0.507. The van der Waals surface area contributed by atoms with Crippen molar-refractivity contribution in [3.63, 3.8) is 0 Å². The molecule has 0 amide bonds. The first-order valence-corrected chi connectivity index (χ1v) is 5.95. The quantitative estimate of drug-likeness (QED) is 0.764. The normalized spacial score (nSPS) is 12.5. The second-order valence-corrected chi connectivity index (χ2v) is 4.33. The SMILES string of the molecule is NC(c1ccc2ncccc2c1)c1ccncc1F. The standard InChI is InChI=1S/C15H12FN3/c16-13-9-18-7-5-12(13)15(17)11-3-4-14-10(8-11)2-1-6-19-14/h1-9,15H,17H2. The van der Waals surface area contributed by atoms with E-state index < -0.39 is 6.04 Å². The number of nitrogens with two attached hydrogens (primary N) is 1. The molecule has 0 aliphatic heterocycles. The van der Waals surface area contributed by atoms with Crippen LogP contribution in [0, 0.1) is 5.82 Å². The maximum absolute atomic E-state index is 13.7. The lowest BCUT2D eigenvalue weighted by Gasteiger charge is -2.13. The summed E-state index contributed by atoms with van der Waals surface area (Å²) in [6, 6.07) is 10.6. The van der Waals surface area contributed by atoms with Crippen LogP contribution in [-0.2, 0) is 0 Å². The fourth-order valence-corrected chi connectivity index (χ4v) is 2.11. The van der Waals surface area contributed by atoms with Gasteiger partial charge < -0.3 is 5.73 Å². The van der Waals surface area contributed by atoms with Crippen molar-refractivity contribution in [1.82, 2.24) is 9.97 Å². The van der Waals surface area contributed by atoms with Gasteiger partial charge in [-0.1, -0.05) is 12.1 Å². The van der Waals surface area contributed by atoms with Gasteiger partial charge in [0.05, 0.1) is 17.8 Å². The Kier molecular flexibility index (Phi) is 2.93. The Balaban J connectivity index is 2.07. The van der Waals surface area contributed by atoms with Gasteiger partial charge in [0.1, 0.15) is 5.82 Å². The van der Waals surface area contributed by atoms with E-state index in [-0.39, 0.29) is 5.82 Å². The fraction of sp³-hybridized carbons (Fsp3) is 0.0667. The Morgan fingerprint density at radius 3 is 2.84 bits per heavy atom. The summed E-state index contributed by atoms with van der Waals surface area (Å²) in [7, 11) is 0. The van der Waals surface area contributed by atoms with Crippen molar-refractivity contribution in [2.24, 2.45) is 5.73 Å². The second kappa shape index (κ2) is 4.74. The molecule has 1 atom stereocenters. The lowest BCUT2D eigenvalue weighted by atomic mass is 9.98. The van der Waals surface area contributed by atoms with Crippen LogP contribution in [0.15, 0.2) is 55.0 Å². The second-order valence-electron chi connectivity index (χ2n) is 4.33. The summed E-state index contributed by atoms with van der Waals surface area (Å²) < 4.78 is 13.7. The molecular formula is C15H12FN3. The Labute approximate surface area is 109 Å². The van der Waals surface area contributed by atoms with Crippen molar-refractivity contribution in [1.29, 1.82) is 0 Å². The maximum atomic E-state index is 13.7. The van der Waals surface area contributed by atoms with Gasteiger partial charge in [-0.05, 0) is 29.8 Å². The molecule has 0 saturated heterocycles. The molecule has 1 unspecified atom stereocenters. The Morgan fingerprint density at radius 2 is 2.00 bits per heavy atom. The van der Waals surface area contributed by atoms with Gasteiger partial charge in [-0.25, -0.2) is 4.39 Å². The summed E-state index contributed by atoms with van der Waals surface area (Å²) in [5, 5.41) is 0.991. The predicted octanol–water partition coefficient (Wildman–Crippen LogP) is 2.82. The molecule has 94 valence electrons. The van der Waals surface area contributed by atoms with Crippen LogP contribution in [0.1, 0.15) is 17.2 Å². The molecular weight excluding hydrogens is 241 g/mol. The van der Waals surface area contributed by atoms with E-state index in [4.69, 9.17) is 5.73 Å². The van der Waals surface area contributed by atoms with Crippen LogP contribution < -0.4 is 5.73 Å². The number of aromatic nitrogens is 2. The number of hydrogen-bond acceptors (Lipinski definition) is 3. The molecule has 2 N–H and O–H groups in total. The third-order valence-electron chi connectivity index (χ3n) is 3.13. The maximum Gasteiger partial charge on any atom is 0.146 e. The van der Waals surface area contributed by atoms with Gasteiger partial charge in [0.25, 0.3) is 0 Å². The molecule has 0 bridgehead atoms. The molecule has 1 aromatic carbocycles. The molecule has 19 heavy (non-hydrogen) atoms. The minimum absolute atomic E-state index is 0.388. The Bertz CT molecular complexity index is 727. The van der Waals surface area contributed by atoms with Crippen LogP contribution in [0.5, 0.6) is 0 Å². The van der Waals surface area contributed by atoms with Crippen molar-refractivity contribution in [3.05, 3.63) is 71.9 Å². The van der Waals surface area contributed by atoms with Crippen LogP contribution in [0.2, 0.25) is 0 Å². The highest BCUT2D eigenvalue weighted by Gasteiger charge is 2.13. The molecule has 3 aromatic rings. The van der Waals surface area contributed by atoms with Gasteiger partial charge in [-0.3, -0.25) is 9.97 Å². The summed E-state index contributed by atoms with van der Waals surface area (Å²) in [5.41, 5.74) is 8.31. The summed E-state index contributed by atoms with van der Waals surface area (Å²) in [4.78, 5) is 7.98. The molecule has 0 aliphatic rings. The first-order valence-electron chi connectivity index (χ1n) is 5.95. The number of pyridine rings is 2. The molecule has 2 heterocycles. The molecule has 0 spiro atoms. The van der Waals surface area contributed by atoms with E-state index in [0.717, 1.165) is 16.5 Å². The predicted molar refractivity (Wildman–Crippen MR) is 72.0 cm³/mol. The van der Waals surface area contributed by atoms with E-state index in [2.05, 4.69) is 9.97 Å². The van der Waals surface area contributed by atoms with Crippen molar-refractivity contribution in [2.45, 2.75) is 6.04 Å². The van der Waals surface area contributed by atoms with Crippen molar-refractivity contribution >= 4 is 10.9 Å². The largest absolute Gasteiger partial charge is 0.320 e. The average Bonchev–Trinajstić information content (AvgIpc) is 2.46. The average molecular weight is 253 g/mol. The lowest BCUT2D eigenvalue weighted by molar-refractivity contribution is 0.593. The number of halogens is 1. The number of nitrogens with zero attached hydrogens (tertiary/aromatic N) is 2. The highest BCUT2D eigenvalue weighted by molar-refractivity contribution is 5.79. The summed E-state index contributed by atoms with van der Waals surface area (Å²) >= 11 is 0. The summed E-state index contributed by atoms with van der Waals surface area (Å²) in [6.45, 7) is 0. The number of fused-ring (bicyclic) bond motifs is 1. The molecule has 0 fully saturated rings. The molecule has 0 radical (unpaired) electrons. The molecule has 4 heteroatoms. The number of hydrogen-bond donors (Lipinski definition) is 1. The third kappa shape index (κ3) is 2.18. The van der Waals surface area contributed by atoms with Crippen LogP contribution in [0.4, 0.5) is 4.39 Å². The monoisotopic (exact) mass is 253 g/mol. The van der Waals surface area contributed by atoms with E-state index in [1.807, 2.05) is 30.3 Å². The zero-order chi connectivity index (χ0) is 13.2. The summed E-state index contributed by atoms with van der Waals surface area (Å²) in [5.74, 6) is -0.388. The van der Waals surface area contributed by atoms with E-state index in [1.54, 1.807) is 18.5 Å². The first kappa shape index (κ1) is 11.7. The van der Waals surface area contributed by atoms with Gasteiger partial charge in [0.15, 0.2) is 0 Å². The lowest BCUT2D eigenvalue weighted by Crippen LogP contribution is -2.13. The zero-order valence-electron chi connectivity index (χ0n) is 10.1. The minimum Gasteiger partial charge on any atom is -0.320 e. The highest BCUT2D eigenvalue weighted by atomic mass is 19.1. The molecule has 3 rings (SSSR count). The topological polar surface area (TPSA) is 51.8 Å². The third-order valence-corrected chi connectivity index (χ3v) is 3.13. The Morgan fingerprint density at radius 1 is 1.11 bits per heavy atom. The van der Waals surface area contributed by atoms with E-state index in [9.17, 15) is 4.39 Å². The first-order chi connectivity index (χ1) is 9.25. The van der Waals surface area contributed by atoms with E-state index in [1.165, 1.54) is 6.20 Å². The number of benzene rings is 1. The summed E-state index contributed by atoms with van der Waals surface area (Å²) in [6.07, 6.45) is 4.46. The van der Waals surface area contributed by atoms with Crippen LogP contribution in [-0.4, -0.2) is 9.97 Å². The molecule has 0 aliphatic carbocycles. The van der Waals surface area contributed by atoms with Crippen molar-refractivity contribution in [3.8, 4) is 0 Å². The van der Waals surface area contributed by atoms with E-state index in [0.29, 0.717) is 5.56 Å². The van der Waals surface area contributed by atoms with Gasteiger partial charge >= 0.3 is 0 Å². The smallest absolute Gasteiger partial charge is 0.146 e. The van der Waals surface area contributed by atoms with Crippen molar-refractivity contribution < 1.29 is 4.39 Å². The van der Waals surface area contributed by atoms with E-state index >= 15 is 0 Å². The van der Waals surface area contributed by atoms with Gasteiger partial charge in [-0.15, -0.1) is 0 Å². The fourth-order valence-electron chi connectivity index (χ4n) is 2.11. The van der Waals surface area contributed by atoms with Gasteiger partial charge in [0.2, 0.25) is 0 Å². The van der Waals surface area contributed by atoms with Gasteiger partial charge in [0, 0.05) is 23.3 Å².